The molecule has 230 valence electrons. The standard InChI is InChI=1S/C37H34N6O2S/c1-2-3-4-5-7-12-25-17-22-32-33(23-25)46-37(39-32)43-41-29-20-18-28(19-21-29)40-42-34-30-16-11-10-13-26(30)24-31(35(34)44)36(45)38-27-14-8-6-9-15-27/h6,8-11,13-24,44H,2-5,7,12H2,1H3,(H,38,45). The first-order valence-corrected chi connectivity index (χ1v) is 16.3. The molecule has 0 saturated heterocycles. The van der Waals surface area contributed by atoms with Crippen molar-refractivity contribution in [3.63, 3.8) is 0 Å². The largest absolute Gasteiger partial charge is 0.505 e. The van der Waals surface area contributed by atoms with Crippen molar-refractivity contribution < 1.29 is 9.90 Å². The molecule has 0 aliphatic carbocycles. The number of anilines is 1. The minimum Gasteiger partial charge on any atom is -0.505 e. The molecule has 1 amide bonds. The molecule has 0 fully saturated rings. The minimum atomic E-state index is -0.438. The number of nitrogens with one attached hydrogen (secondary N) is 1. The van der Waals surface area contributed by atoms with E-state index in [1.165, 1.54) is 49.0 Å². The van der Waals surface area contributed by atoms with Crippen molar-refractivity contribution in [2.24, 2.45) is 20.5 Å². The summed E-state index contributed by atoms with van der Waals surface area (Å²) in [5.74, 6) is -0.678. The number of azo groups is 2. The van der Waals surface area contributed by atoms with Crippen molar-refractivity contribution in [1.29, 1.82) is 0 Å². The third-order valence-electron chi connectivity index (χ3n) is 7.65. The number of thiazole rings is 1. The quantitative estimate of drug-likeness (QED) is 0.104. The lowest BCUT2D eigenvalue weighted by molar-refractivity contribution is 0.102. The summed E-state index contributed by atoms with van der Waals surface area (Å²) in [6.07, 6.45) is 7.44. The molecule has 6 rings (SSSR count). The topological polar surface area (TPSA) is 112 Å². The number of aryl methyl sites for hydroxylation is 1. The van der Waals surface area contributed by atoms with Gasteiger partial charge in [0.1, 0.15) is 5.69 Å². The van der Waals surface area contributed by atoms with Gasteiger partial charge in [-0.25, -0.2) is 4.98 Å². The number of carbonyl (C=O) groups excluding carboxylic acids is 1. The maximum atomic E-state index is 13.1. The van der Waals surface area contributed by atoms with Gasteiger partial charge in [0.15, 0.2) is 5.75 Å². The highest BCUT2D eigenvalue weighted by Crippen LogP contribution is 2.40. The molecule has 8 nitrogen and oxygen atoms in total. The van der Waals surface area contributed by atoms with E-state index in [0.29, 0.717) is 27.6 Å². The fourth-order valence-corrected chi connectivity index (χ4v) is 6.04. The zero-order valence-electron chi connectivity index (χ0n) is 25.6. The normalized spacial score (nSPS) is 11.7. The van der Waals surface area contributed by atoms with Gasteiger partial charge in [-0.1, -0.05) is 92.5 Å². The summed E-state index contributed by atoms with van der Waals surface area (Å²) in [6.45, 7) is 2.24. The number of unbranched alkanes of at least 4 members (excludes halogenated alkanes) is 4. The Hall–Kier alpha value is -5.28. The van der Waals surface area contributed by atoms with Crippen LogP contribution in [0.25, 0.3) is 21.0 Å². The van der Waals surface area contributed by atoms with Crippen LogP contribution < -0.4 is 5.32 Å². The second-order valence-corrected chi connectivity index (χ2v) is 12.1. The van der Waals surface area contributed by atoms with E-state index >= 15 is 0 Å². The molecule has 0 aliphatic heterocycles. The zero-order chi connectivity index (χ0) is 31.7. The van der Waals surface area contributed by atoms with Crippen LogP contribution in [0.3, 0.4) is 0 Å². The molecule has 0 aliphatic rings. The van der Waals surface area contributed by atoms with Crippen molar-refractivity contribution in [3.05, 3.63) is 114 Å². The number of carbonyl (C=O) groups is 1. The second kappa shape index (κ2) is 14.7. The number of hydrogen-bond donors (Lipinski definition) is 2. The number of amides is 1. The van der Waals surface area contributed by atoms with Gasteiger partial charge in [0.25, 0.3) is 5.91 Å². The Labute approximate surface area is 271 Å². The summed E-state index contributed by atoms with van der Waals surface area (Å²) in [5, 5.41) is 33.5. The van der Waals surface area contributed by atoms with E-state index in [0.717, 1.165) is 22.0 Å². The Morgan fingerprint density at radius 2 is 1.50 bits per heavy atom. The van der Waals surface area contributed by atoms with Crippen molar-refractivity contribution in [1.82, 2.24) is 4.98 Å². The molecular formula is C37H34N6O2S. The van der Waals surface area contributed by atoms with E-state index in [4.69, 9.17) is 0 Å². The van der Waals surface area contributed by atoms with E-state index in [9.17, 15) is 9.90 Å². The summed E-state index contributed by atoms with van der Waals surface area (Å²) in [5.41, 5.74) is 4.44. The first-order chi connectivity index (χ1) is 22.6. The number of benzene rings is 5. The van der Waals surface area contributed by atoms with E-state index in [-0.39, 0.29) is 17.0 Å². The van der Waals surface area contributed by atoms with Gasteiger partial charge in [-0.05, 0) is 78.4 Å². The number of nitrogens with zero attached hydrogens (tertiary/aromatic N) is 5. The van der Waals surface area contributed by atoms with Gasteiger partial charge in [-0.3, -0.25) is 4.79 Å². The number of hydrogen-bond acceptors (Lipinski definition) is 8. The third kappa shape index (κ3) is 7.50. The molecule has 0 spiro atoms. The van der Waals surface area contributed by atoms with Crippen molar-refractivity contribution >= 4 is 66.1 Å². The number of aromatic nitrogens is 1. The van der Waals surface area contributed by atoms with E-state index < -0.39 is 5.91 Å². The maximum absolute atomic E-state index is 13.1. The predicted octanol–water partition coefficient (Wildman–Crippen LogP) is 11.8. The van der Waals surface area contributed by atoms with Crippen LogP contribution in [0.2, 0.25) is 0 Å². The van der Waals surface area contributed by atoms with E-state index in [1.807, 2.05) is 42.5 Å². The molecule has 46 heavy (non-hydrogen) atoms. The number of para-hydroxylation sites is 1. The molecule has 5 aromatic carbocycles. The average molecular weight is 627 g/mol. The number of fused-ring (bicyclic) bond motifs is 2. The molecule has 1 heterocycles. The Bertz CT molecular complexity index is 2020. The fraction of sp³-hybridized carbons (Fsp3) is 0.189. The highest BCUT2D eigenvalue weighted by Gasteiger charge is 2.18. The van der Waals surface area contributed by atoms with Crippen LogP contribution in [-0.2, 0) is 6.42 Å². The molecule has 9 heteroatoms. The number of phenols is 1. The molecule has 0 atom stereocenters. The highest BCUT2D eigenvalue weighted by molar-refractivity contribution is 7.21. The van der Waals surface area contributed by atoms with Gasteiger partial charge >= 0.3 is 0 Å². The second-order valence-electron chi connectivity index (χ2n) is 11.0. The van der Waals surface area contributed by atoms with Gasteiger partial charge < -0.3 is 10.4 Å². The van der Waals surface area contributed by atoms with Gasteiger partial charge in [0.2, 0.25) is 5.13 Å². The summed E-state index contributed by atoms with van der Waals surface area (Å²) in [4.78, 5) is 17.7. The van der Waals surface area contributed by atoms with Crippen molar-refractivity contribution in [3.8, 4) is 5.75 Å². The van der Waals surface area contributed by atoms with Crippen LogP contribution in [0.4, 0.5) is 27.9 Å². The lowest BCUT2D eigenvalue weighted by atomic mass is 10.0. The lowest BCUT2D eigenvalue weighted by Crippen LogP contribution is -2.12. The first-order valence-electron chi connectivity index (χ1n) is 15.5. The SMILES string of the molecule is CCCCCCCc1ccc2nc(N=Nc3ccc(N=Nc4c(O)c(C(=O)Nc5ccccc5)cc5ccccc45)cc3)sc2c1. The van der Waals surface area contributed by atoms with Crippen molar-refractivity contribution in [2.75, 3.05) is 5.32 Å². The summed E-state index contributed by atoms with van der Waals surface area (Å²) in [7, 11) is 0. The molecule has 0 unspecified atom stereocenters. The lowest BCUT2D eigenvalue weighted by Gasteiger charge is -2.11. The highest BCUT2D eigenvalue weighted by atomic mass is 32.1. The van der Waals surface area contributed by atoms with Crippen LogP contribution in [0, 0.1) is 0 Å². The predicted molar refractivity (Wildman–Crippen MR) is 187 cm³/mol. The molecule has 1 aromatic heterocycles. The summed E-state index contributed by atoms with van der Waals surface area (Å²) >= 11 is 1.54. The Kier molecular flexibility index (Phi) is 9.80. The van der Waals surface area contributed by atoms with Crippen LogP contribution in [0.1, 0.15) is 54.9 Å². The maximum Gasteiger partial charge on any atom is 0.259 e. The molecule has 2 N–H and O–H groups in total. The Morgan fingerprint density at radius 3 is 2.28 bits per heavy atom. The summed E-state index contributed by atoms with van der Waals surface area (Å²) < 4.78 is 1.12. The number of phenolic OH excluding ortho intramolecular Hbond substituents is 1. The smallest absolute Gasteiger partial charge is 0.259 e. The minimum absolute atomic E-state index is 0.112. The van der Waals surface area contributed by atoms with E-state index in [2.05, 4.69) is 55.9 Å². The van der Waals surface area contributed by atoms with Gasteiger partial charge in [-0.15, -0.1) is 15.3 Å². The Morgan fingerprint density at radius 1 is 0.783 bits per heavy atom. The number of aromatic hydroxyl groups is 1. The molecule has 0 bridgehead atoms. The van der Waals surface area contributed by atoms with Crippen molar-refractivity contribution in [2.45, 2.75) is 45.4 Å². The van der Waals surface area contributed by atoms with E-state index in [1.54, 1.807) is 42.5 Å². The van der Waals surface area contributed by atoms with Gasteiger partial charge in [-0.2, -0.15) is 5.11 Å². The fourth-order valence-electron chi connectivity index (χ4n) is 5.19. The van der Waals surface area contributed by atoms with Crippen LogP contribution in [-0.4, -0.2) is 16.0 Å². The van der Waals surface area contributed by atoms with Crippen LogP contribution in [0.15, 0.2) is 124 Å². The Balaban J connectivity index is 1.15. The summed E-state index contributed by atoms with van der Waals surface area (Å²) in [6, 6.07) is 31.8. The van der Waals surface area contributed by atoms with Crippen LogP contribution >= 0.6 is 11.3 Å². The zero-order valence-corrected chi connectivity index (χ0v) is 26.4. The third-order valence-corrected chi connectivity index (χ3v) is 8.55. The number of rotatable bonds is 12. The average Bonchev–Trinajstić information content (AvgIpc) is 3.50. The molecule has 0 radical (unpaired) electrons. The molecule has 6 aromatic rings. The molecule has 0 saturated carbocycles. The monoisotopic (exact) mass is 626 g/mol. The molecular weight excluding hydrogens is 593 g/mol. The van der Waals surface area contributed by atoms with Gasteiger partial charge in [0, 0.05) is 11.1 Å². The van der Waals surface area contributed by atoms with Crippen LogP contribution in [0.5, 0.6) is 5.75 Å². The van der Waals surface area contributed by atoms with Gasteiger partial charge in [0.05, 0.1) is 27.2 Å². The first kappa shape index (κ1) is 30.7.